The van der Waals surface area contributed by atoms with Crippen LogP contribution in [0.4, 0.5) is 0 Å². The van der Waals surface area contributed by atoms with E-state index in [0.29, 0.717) is 17.0 Å². The predicted molar refractivity (Wildman–Crippen MR) is 75.9 cm³/mol. The number of benzene rings is 1. The minimum Gasteiger partial charge on any atom is -0.508 e. The van der Waals surface area contributed by atoms with E-state index >= 15 is 0 Å². The number of hydrogen-bond acceptors (Lipinski definition) is 4. The second kappa shape index (κ2) is 4.53. The van der Waals surface area contributed by atoms with Crippen LogP contribution in [-0.2, 0) is 7.05 Å². The topological polar surface area (TPSA) is 75.2 Å². The van der Waals surface area contributed by atoms with Gasteiger partial charge in [0, 0.05) is 24.4 Å². The van der Waals surface area contributed by atoms with Gasteiger partial charge < -0.3 is 14.4 Å². The van der Waals surface area contributed by atoms with E-state index in [4.69, 9.17) is 10.00 Å². The maximum atomic E-state index is 12.2. The molecule has 2 aromatic rings. The average molecular weight is 280 g/mol. The van der Waals surface area contributed by atoms with Crippen LogP contribution in [-0.4, -0.2) is 15.5 Å². The van der Waals surface area contributed by atoms with E-state index in [2.05, 4.69) is 6.07 Å². The summed E-state index contributed by atoms with van der Waals surface area (Å²) in [5, 5.41) is 18.4. The molecule has 0 saturated heterocycles. The molecule has 1 aromatic carbocycles. The largest absolute Gasteiger partial charge is 0.508 e. The Morgan fingerprint density at radius 3 is 2.81 bits per heavy atom. The van der Waals surface area contributed by atoms with Gasteiger partial charge >= 0.3 is 0 Å². The van der Waals surface area contributed by atoms with Crippen LogP contribution in [0.5, 0.6) is 11.5 Å². The van der Waals surface area contributed by atoms with Crippen LogP contribution in [0.2, 0.25) is 0 Å². The Kier molecular flexibility index (Phi) is 2.80. The highest BCUT2D eigenvalue weighted by Crippen LogP contribution is 2.34. The molecule has 0 unspecified atom stereocenters. The van der Waals surface area contributed by atoms with Crippen LogP contribution in [0.15, 0.2) is 30.0 Å². The number of fused-ring (bicyclic) bond motifs is 1. The molecule has 1 N–H and O–H groups in total. The SMILES string of the molecule is Cc1c(/C=C2\Oc3cc(O)ccc3C2=O)cc(C#N)n1C. The van der Waals surface area contributed by atoms with Gasteiger partial charge in [-0.25, -0.2) is 0 Å². The van der Waals surface area contributed by atoms with Crippen LogP contribution < -0.4 is 4.74 Å². The zero-order chi connectivity index (χ0) is 15.1. The lowest BCUT2D eigenvalue weighted by Crippen LogP contribution is -1.98. The van der Waals surface area contributed by atoms with Crippen molar-refractivity contribution in [2.24, 2.45) is 7.05 Å². The zero-order valence-corrected chi connectivity index (χ0v) is 11.5. The summed E-state index contributed by atoms with van der Waals surface area (Å²) in [6.07, 6.45) is 1.62. The predicted octanol–water partition coefficient (Wildman–Crippen LogP) is 2.53. The quantitative estimate of drug-likeness (QED) is 0.814. The van der Waals surface area contributed by atoms with Gasteiger partial charge in [-0.3, -0.25) is 4.79 Å². The average Bonchev–Trinajstić information content (AvgIpc) is 2.91. The van der Waals surface area contributed by atoms with Crippen molar-refractivity contribution in [3.8, 4) is 17.6 Å². The van der Waals surface area contributed by atoms with E-state index in [1.54, 1.807) is 23.8 Å². The van der Waals surface area contributed by atoms with E-state index < -0.39 is 0 Å². The lowest BCUT2D eigenvalue weighted by Gasteiger charge is -2.00. The summed E-state index contributed by atoms with van der Waals surface area (Å²) in [5.74, 6) is 0.353. The molecule has 5 nitrogen and oxygen atoms in total. The highest BCUT2D eigenvalue weighted by Gasteiger charge is 2.27. The standard InChI is InChI=1S/C16H12N2O3/c1-9-10(5-11(8-17)18(9)2)6-15-16(20)13-4-3-12(19)7-14(13)21-15/h3-7,19H,1-2H3/b15-6-. The fraction of sp³-hybridized carbons (Fsp3) is 0.125. The molecular weight excluding hydrogens is 268 g/mol. The Hall–Kier alpha value is -3.00. The first-order valence-corrected chi connectivity index (χ1v) is 6.35. The van der Waals surface area contributed by atoms with Gasteiger partial charge in [-0.15, -0.1) is 0 Å². The summed E-state index contributed by atoms with van der Waals surface area (Å²) < 4.78 is 7.26. The Bertz CT molecular complexity index is 838. The van der Waals surface area contributed by atoms with Crippen molar-refractivity contribution >= 4 is 11.9 Å². The number of ketones is 1. The third-order valence-corrected chi connectivity index (χ3v) is 3.63. The maximum Gasteiger partial charge on any atom is 0.231 e. The van der Waals surface area contributed by atoms with E-state index in [9.17, 15) is 9.90 Å². The molecule has 0 fully saturated rings. The van der Waals surface area contributed by atoms with Crippen LogP contribution in [0.3, 0.4) is 0 Å². The van der Waals surface area contributed by atoms with Crippen molar-refractivity contribution in [2.75, 3.05) is 0 Å². The molecule has 2 heterocycles. The van der Waals surface area contributed by atoms with Gasteiger partial charge in [0.15, 0.2) is 5.76 Å². The smallest absolute Gasteiger partial charge is 0.231 e. The van der Waals surface area contributed by atoms with Crippen molar-refractivity contribution in [1.29, 1.82) is 5.26 Å². The molecule has 0 radical (unpaired) electrons. The zero-order valence-electron chi connectivity index (χ0n) is 11.5. The summed E-state index contributed by atoms with van der Waals surface area (Å²) in [7, 11) is 1.79. The number of aromatic hydroxyl groups is 1. The normalized spacial score (nSPS) is 14.9. The molecule has 21 heavy (non-hydrogen) atoms. The fourth-order valence-corrected chi connectivity index (χ4v) is 2.29. The van der Waals surface area contributed by atoms with E-state index in [1.165, 1.54) is 18.2 Å². The lowest BCUT2D eigenvalue weighted by atomic mass is 10.1. The number of carbonyl (C=O) groups is 1. The number of carbonyl (C=O) groups excluding carboxylic acids is 1. The van der Waals surface area contributed by atoms with Crippen molar-refractivity contribution < 1.29 is 14.6 Å². The molecule has 1 aliphatic rings. The summed E-state index contributed by atoms with van der Waals surface area (Å²) in [5.41, 5.74) is 2.57. The van der Waals surface area contributed by atoms with Crippen LogP contribution in [0, 0.1) is 18.3 Å². The first-order valence-electron chi connectivity index (χ1n) is 6.35. The molecule has 1 aliphatic heterocycles. The molecule has 0 spiro atoms. The van der Waals surface area contributed by atoms with Gasteiger partial charge in [-0.2, -0.15) is 5.26 Å². The number of allylic oxidation sites excluding steroid dienone is 1. The van der Waals surface area contributed by atoms with Crippen LogP contribution >= 0.6 is 0 Å². The van der Waals surface area contributed by atoms with Gasteiger partial charge in [0.05, 0.1) is 5.56 Å². The Balaban J connectivity index is 2.04. The molecule has 104 valence electrons. The summed E-state index contributed by atoms with van der Waals surface area (Å²) in [4.78, 5) is 12.2. The number of rotatable bonds is 1. The highest BCUT2D eigenvalue weighted by atomic mass is 16.5. The molecule has 0 atom stereocenters. The molecule has 1 aromatic heterocycles. The number of hydrogen-bond donors (Lipinski definition) is 1. The maximum absolute atomic E-state index is 12.2. The molecule has 0 saturated carbocycles. The summed E-state index contributed by atoms with van der Waals surface area (Å²) >= 11 is 0. The first kappa shape index (κ1) is 13.0. The number of ether oxygens (including phenoxy) is 1. The molecule has 5 heteroatoms. The Morgan fingerprint density at radius 2 is 2.14 bits per heavy atom. The van der Waals surface area contributed by atoms with Gasteiger partial charge in [-0.1, -0.05) is 0 Å². The Morgan fingerprint density at radius 1 is 1.38 bits per heavy atom. The molecular formula is C16H12N2O3. The van der Waals surface area contributed by atoms with Crippen LogP contribution in [0.25, 0.3) is 6.08 Å². The van der Waals surface area contributed by atoms with E-state index in [0.717, 1.165) is 11.3 Å². The van der Waals surface area contributed by atoms with E-state index in [-0.39, 0.29) is 17.3 Å². The number of nitrogens with zero attached hydrogens (tertiary/aromatic N) is 2. The minimum absolute atomic E-state index is 0.0467. The number of Topliss-reactive ketones (excluding diaryl/α,β-unsaturated/α-hetero) is 1. The van der Waals surface area contributed by atoms with Gasteiger partial charge in [0.1, 0.15) is 23.3 Å². The molecule has 0 aliphatic carbocycles. The number of nitriles is 1. The molecule has 3 rings (SSSR count). The van der Waals surface area contributed by atoms with Gasteiger partial charge in [-0.05, 0) is 31.2 Å². The number of phenolic OH excluding ortho intramolecular Hbond substituents is 1. The Labute approximate surface area is 121 Å². The third kappa shape index (κ3) is 1.98. The van der Waals surface area contributed by atoms with E-state index in [1.807, 2.05) is 6.92 Å². The van der Waals surface area contributed by atoms with Crippen molar-refractivity contribution in [1.82, 2.24) is 4.57 Å². The van der Waals surface area contributed by atoms with Crippen LogP contribution in [0.1, 0.15) is 27.3 Å². The minimum atomic E-state index is -0.230. The number of aromatic nitrogens is 1. The first-order chi connectivity index (χ1) is 10.0. The third-order valence-electron chi connectivity index (χ3n) is 3.63. The second-order valence-corrected chi connectivity index (χ2v) is 4.86. The highest BCUT2D eigenvalue weighted by molar-refractivity contribution is 6.14. The molecule has 0 bridgehead atoms. The number of phenols is 1. The van der Waals surface area contributed by atoms with Gasteiger partial charge in [0.25, 0.3) is 0 Å². The van der Waals surface area contributed by atoms with Crippen molar-refractivity contribution in [2.45, 2.75) is 6.92 Å². The summed E-state index contributed by atoms with van der Waals surface area (Å²) in [6, 6.07) is 8.19. The summed E-state index contributed by atoms with van der Waals surface area (Å²) in [6.45, 7) is 1.87. The monoisotopic (exact) mass is 280 g/mol. The fourth-order valence-electron chi connectivity index (χ4n) is 2.29. The van der Waals surface area contributed by atoms with Crippen molar-refractivity contribution in [3.05, 3.63) is 52.5 Å². The second-order valence-electron chi connectivity index (χ2n) is 4.86. The van der Waals surface area contributed by atoms with Gasteiger partial charge in [0.2, 0.25) is 5.78 Å². The van der Waals surface area contributed by atoms with Crippen molar-refractivity contribution in [3.63, 3.8) is 0 Å². The lowest BCUT2D eigenvalue weighted by molar-refractivity contribution is 0.101. The molecule has 0 amide bonds.